The standard InChI is InChI=1S/C28H32FN7O3/c1-20-19-35(25-17-21(29)3-4-23(20)25)26-5-6-27(37)36(32-26)15-16-39-22-7-8-30-24(18-22)28(38)31-9-10-34-13-11-33(2)12-14-34/h3-8,17-19H,9-16H2,1-2H3,(H,31,38). The summed E-state index contributed by atoms with van der Waals surface area (Å²) in [4.78, 5) is 33.8. The van der Waals surface area contributed by atoms with Crippen LogP contribution in [0, 0.1) is 12.7 Å². The molecule has 0 radical (unpaired) electrons. The molecule has 4 aromatic rings. The van der Waals surface area contributed by atoms with Crippen LogP contribution in [0.2, 0.25) is 0 Å². The van der Waals surface area contributed by atoms with Crippen LogP contribution in [0.4, 0.5) is 4.39 Å². The van der Waals surface area contributed by atoms with Crippen LogP contribution in [0.5, 0.6) is 5.75 Å². The Bertz CT molecular complexity index is 1530. The molecule has 4 heterocycles. The van der Waals surface area contributed by atoms with E-state index in [9.17, 15) is 14.0 Å². The number of carbonyl (C=O) groups excluding carboxylic acids is 1. The van der Waals surface area contributed by atoms with Gasteiger partial charge in [-0.25, -0.2) is 9.07 Å². The van der Waals surface area contributed by atoms with Crippen molar-refractivity contribution in [3.63, 3.8) is 0 Å². The van der Waals surface area contributed by atoms with Gasteiger partial charge in [0.05, 0.1) is 12.1 Å². The molecule has 10 nitrogen and oxygen atoms in total. The Labute approximate surface area is 225 Å². The van der Waals surface area contributed by atoms with E-state index >= 15 is 0 Å². The molecule has 1 aliphatic rings. The maximum absolute atomic E-state index is 13.9. The average Bonchev–Trinajstić information content (AvgIpc) is 3.26. The van der Waals surface area contributed by atoms with Crippen molar-refractivity contribution in [3.05, 3.63) is 82.3 Å². The Hall–Kier alpha value is -4.09. The van der Waals surface area contributed by atoms with Gasteiger partial charge in [0.2, 0.25) is 0 Å². The largest absolute Gasteiger partial charge is 0.492 e. The van der Waals surface area contributed by atoms with E-state index in [1.54, 1.807) is 28.8 Å². The quantitative estimate of drug-likeness (QED) is 0.352. The number of rotatable bonds is 9. The highest BCUT2D eigenvalue weighted by atomic mass is 19.1. The summed E-state index contributed by atoms with van der Waals surface area (Å²) in [6.07, 6.45) is 3.39. The van der Waals surface area contributed by atoms with Crippen LogP contribution in [0.1, 0.15) is 16.1 Å². The third kappa shape index (κ3) is 6.32. The number of piperazine rings is 1. The molecule has 3 aromatic heterocycles. The second-order valence-electron chi connectivity index (χ2n) is 9.72. The molecule has 0 spiro atoms. The van der Waals surface area contributed by atoms with Crippen LogP contribution < -0.4 is 15.6 Å². The first kappa shape index (κ1) is 26.5. The molecule has 0 unspecified atom stereocenters. The molecule has 1 fully saturated rings. The third-order valence-corrected chi connectivity index (χ3v) is 6.91. The zero-order valence-corrected chi connectivity index (χ0v) is 22.1. The summed E-state index contributed by atoms with van der Waals surface area (Å²) in [5, 5.41) is 8.30. The molecule has 5 rings (SSSR count). The number of pyridine rings is 1. The summed E-state index contributed by atoms with van der Waals surface area (Å²) in [5.74, 6) is 0.369. The first-order valence-corrected chi connectivity index (χ1v) is 13.0. The van der Waals surface area contributed by atoms with Gasteiger partial charge in [0, 0.05) is 69.2 Å². The number of hydrogen-bond donors (Lipinski definition) is 1. The highest BCUT2D eigenvalue weighted by Gasteiger charge is 2.15. The molecule has 204 valence electrons. The minimum absolute atomic E-state index is 0.158. The van der Waals surface area contributed by atoms with Crippen LogP contribution in [0.25, 0.3) is 16.7 Å². The molecule has 1 amide bonds. The third-order valence-electron chi connectivity index (χ3n) is 6.91. The topological polar surface area (TPSA) is 97.5 Å². The van der Waals surface area contributed by atoms with Crippen LogP contribution in [-0.4, -0.2) is 88.0 Å². The Kier molecular flexibility index (Phi) is 7.99. The molecule has 1 saturated heterocycles. The first-order valence-electron chi connectivity index (χ1n) is 13.0. The Morgan fingerprint density at radius 2 is 1.90 bits per heavy atom. The number of aryl methyl sites for hydroxylation is 1. The van der Waals surface area contributed by atoms with Crippen LogP contribution in [0.15, 0.2) is 59.7 Å². The van der Waals surface area contributed by atoms with E-state index in [1.165, 1.54) is 29.1 Å². The molecular formula is C28H32FN7O3. The highest BCUT2D eigenvalue weighted by molar-refractivity contribution is 5.92. The Morgan fingerprint density at radius 1 is 1.08 bits per heavy atom. The van der Waals surface area contributed by atoms with Gasteiger partial charge >= 0.3 is 0 Å². The molecular weight excluding hydrogens is 501 g/mol. The minimum atomic E-state index is -0.344. The number of nitrogens with zero attached hydrogens (tertiary/aromatic N) is 6. The average molecular weight is 534 g/mol. The van der Waals surface area contributed by atoms with Gasteiger partial charge in [-0.05, 0) is 49.9 Å². The zero-order chi connectivity index (χ0) is 27.4. The van der Waals surface area contributed by atoms with Gasteiger partial charge in [-0.2, -0.15) is 5.10 Å². The fourth-order valence-electron chi connectivity index (χ4n) is 4.65. The van der Waals surface area contributed by atoms with Gasteiger partial charge in [0.25, 0.3) is 11.5 Å². The van der Waals surface area contributed by atoms with Crippen molar-refractivity contribution in [2.24, 2.45) is 0 Å². The number of carbonyl (C=O) groups is 1. The number of aromatic nitrogens is 4. The van der Waals surface area contributed by atoms with Crippen molar-refractivity contribution in [3.8, 4) is 11.6 Å². The lowest BCUT2D eigenvalue weighted by Crippen LogP contribution is -2.46. The molecule has 39 heavy (non-hydrogen) atoms. The van der Waals surface area contributed by atoms with Crippen LogP contribution >= 0.6 is 0 Å². The van der Waals surface area contributed by atoms with Gasteiger partial charge in [0.15, 0.2) is 5.82 Å². The van der Waals surface area contributed by atoms with E-state index in [2.05, 4.69) is 32.2 Å². The van der Waals surface area contributed by atoms with Crippen molar-refractivity contribution in [1.29, 1.82) is 0 Å². The lowest BCUT2D eigenvalue weighted by atomic mass is 10.2. The van der Waals surface area contributed by atoms with E-state index in [4.69, 9.17) is 4.74 Å². The van der Waals surface area contributed by atoms with Crippen molar-refractivity contribution >= 4 is 16.8 Å². The van der Waals surface area contributed by atoms with Crippen LogP contribution in [-0.2, 0) is 6.54 Å². The molecule has 1 N–H and O–H groups in total. The summed E-state index contributed by atoms with van der Waals surface area (Å²) < 4.78 is 22.8. The number of amides is 1. The van der Waals surface area contributed by atoms with Crippen LogP contribution in [0.3, 0.4) is 0 Å². The predicted molar refractivity (Wildman–Crippen MR) is 146 cm³/mol. The number of nitrogens with one attached hydrogen (secondary N) is 1. The summed E-state index contributed by atoms with van der Waals surface area (Å²) >= 11 is 0. The van der Waals surface area contributed by atoms with Crippen molar-refractivity contribution in [1.82, 2.24) is 34.4 Å². The summed E-state index contributed by atoms with van der Waals surface area (Å²) in [6.45, 7) is 7.68. The molecule has 1 aromatic carbocycles. The van der Waals surface area contributed by atoms with Gasteiger partial charge in [-0.3, -0.25) is 24.0 Å². The van der Waals surface area contributed by atoms with Gasteiger partial charge < -0.3 is 15.0 Å². The lowest BCUT2D eigenvalue weighted by Gasteiger charge is -2.32. The number of hydrogen-bond acceptors (Lipinski definition) is 7. The number of benzene rings is 1. The fraction of sp³-hybridized carbons (Fsp3) is 0.357. The van der Waals surface area contributed by atoms with E-state index in [0.717, 1.165) is 43.7 Å². The maximum Gasteiger partial charge on any atom is 0.270 e. The molecule has 0 saturated carbocycles. The first-order chi connectivity index (χ1) is 18.9. The summed E-state index contributed by atoms with van der Waals surface area (Å²) in [6, 6.07) is 10.9. The molecule has 0 atom stereocenters. The van der Waals surface area contributed by atoms with E-state index in [0.29, 0.717) is 23.6 Å². The monoisotopic (exact) mass is 533 g/mol. The SMILES string of the molecule is Cc1cn(-c2ccc(=O)n(CCOc3ccnc(C(=O)NCCN4CCN(C)CC4)c3)n2)c2cc(F)ccc12. The summed E-state index contributed by atoms with van der Waals surface area (Å²) in [7, 11) is 2.11. The maximum atomic E-state index is 13.9. The number of ether oxygens (including phenoxy) is 1. The second kappa shape index (κ2) is 11.7. The van der Waals surface area contributed by atoms with Gasteiger partial charge in [0.1, 0.15) is 23.9 Å². The molecule has 11 heteroatoms. The van der Waals surface area contributed by atoms with E-state index in [1.807, 2.05) is 13.1 Å². The van der Waals surface area contributed by atoms with Crippen molar-refractivity contribution in [2.75, 3.05) is 52.9 Å². The minimum Gasteiger partial charge on any atom is -0.492 e. The van der Waals surface area contributed by atoms with Gasteiger partial charge in [-0.1, -0.05) is 0 Å². The summed E-state index contributed by atoms with van der Waals surface area (Å²) in [5.41, 5.74) is 1.64. The fourth-order valence-corrected chi connectivity index (χ4v) is 4.65. The highest BCUT2D eigenvalue weighted by Crippen LogP contribution is 2.24. The Morgan fingerprint density at radius 3 is 2.72 bits per heavy atom. The molecule has 0 aliphatic carbocycles. The second-order valence-corrected chi connectivity index (χ2v) is 9.72. The normalized spacial score (nSPS) is 14.5. The molecule has 1 aliphatic heterocycles. The Balaban J connectivity index is 1.18. The number of likely N-dealkylation sites (N-methyl/N-ethyl adjacent to an activating group) is 1. The molecule has 0 bridgehead atoms. The zero-order valence-electron chi connectivity index (χ0n) is 22.1. The van der Waals surface area contributed by atoms with E-state index < -0.39 is 0 Å². The predicted octanol–water partition coefficient (Wildman–Crippen LogP) is 2.09. The number of fused-ring (bicyclic) bond motifs is 1. The van der Waals surface area contributed by atoms with E-state index in [-0.39, 0.29) is 36.1 Å². The lowest BCUT2D eigenvalue weighted by molar-refractivity contribution is 0.0935. The van der Waals surface area contributed by atoms with Crippen molar-refractivity contribution < 1.29 is 13.9 Å². The van der Waals surface area contributed by atoms with Gasteiger partial charge in [-0.15, -0.1) is 0 Å². The van der Waals surface area contributed by atoms with Crippen molar-refractivity contribution in [2.45, 2.75) is 13.5 Å². The smallest absolute Gasteiger partial charge is 0.270 e. The number of halogens is 1.